The first-order chi connectivity index (χ1) is 4.52. The normalized spacial score (nSPS) is 15.5. The summed E-state index contributed by atoms with van der Waals surface area (Å²) in [7, 11) is 1.53. The van der Waals surface area contributed by atoms with Crippen LogP contribution in [0.5, 0.6) is 0 Å². The second-order valence-electron chi connectivity index (χ2n) is 2.41. The molecule has 0 radical (unpaired) electrons. The van der Waals surface area contributed by atoms with Gasteiger partial charge in [0, 0.05) is 7.05 Å². The Labute approximate surface area is 60.7 Å². The van der Waals surface area contributed by atoms with Crippen molar-refractivity contribution < 1.29 is 9.90 Å². The Bertz CT molecular complexity index is 141. The molecule has 0 aliphatic rings. The molecule has 0 aromatic heterocycles. The van der Waals surface area contributed by atoms with Crippen molar-refractivity contribution in [2.75, 3.05) is 7.05 Å². The van der Waals surface area contributed by atoms with Gasteiger partial charge in [0.05, 0.1) is 12.0 Å². The highest BCUT2D eigenvalue weighted by Crippen LogP contribution is 2.08. The van der Waals surface area contributed by atoms with Crippen molar-refractivity contribution in [2.45, 2.75) is 18.9 Å². The van der Waals surface area contributed by atoms with Gasteiger partial charge in [-0.25, -0.2) is 0 Å². The lowest BCUT2D eigenvalue weighted by molar-refractivity contribution is -0.123. The molecule has 3 heteroatoms. The van der Waals surface area contributed by atoms with Crippen LogP contribution in [-0.4, -0.2) is 23.7 Å². The number of hydrogen-bond acceptors (Lipinski definition) is 2. The van der Waals surface area contributed by atoms with Gasteiger partial charge >= 0.3 is 0 Å². The zero-order valence-electron chi connectivity index (χ0n) is 6.35. The Morgan fingerprint density at radius 3 is 2.70 bits per heavy atom. The number of aliphatic hydroxyl groups is 1. The van der Waals surface area contributed by atoms with Gasteiger partial charge in [0.25, 0.3) is 0 Å². The highest BCUT2D eigenvalue weighted by molar-refractivity contribution is 5.76. The van der Waals surface area contributed by atoms with Crippen molar-refractivity contribution in [1.29, 1.82) is 0 Å². The van der Waals surface area contributed by atoms with Crippen molar-refractivity contribution in [1.82, 2.24) is 5.32 Å². The summed E-state index contributed by atoms with van der Waals surface area (Å²) in [5, 5.41) is 11.7. The molecule has 0 saturated heterocycles. The van der Waals surface area contributed by atoms with Gasteiger partial charge in [0.15, 0.2) is 0 Å². The van der Waals surface area contributed by atoms with Gasteiger partial charge in [0.1, 0.15) is 0 Å². The molecule has 58 valence electrons. The number of carbonyl (C=O) groups is 1. The van der Waals surface area contributed by atoms with Crippen molar-refractivity contribution in [3.63, 3.8) is 0 Å². The van der Waals surface area contributed by atoms with Gasteiger partial charge in [-0.05, 0) is 6.92 Å². The predicted molar refractivity (Wildman–Crippen MR) is 39.5 cm³/mol. The van der Waals surface area contributed by atoms with Crippen LogP contribution in [-0.2, 0) is 4.79 Å². The summed E-state index contributed by atoms with van der Waals surface area (Å²) >= 11 is 0. The summed E-state index contributed by atoms with van der Waals surface area (Å²) in [5.41, 5.74) is -1.08. The molecule has 0 aliphatic heterocycles. The van der Waals surface area contributed by atoms with E-state index in [4.69, 9.17) is 0 Å². The molecule has 0 aliphatic carbocycles. The highest BCUT2D eigenvalue weighted by Gasteiger charge is 2.18. The lowest BCUT2D eigenvalue weighted by Gasteiger charge is -2.16. The second kappa shape index (κ2) is 3.37. The molecule has 10 heavy (non-hydrogen) atoms. The zero-order chi connectivity index (χ0) is 8.20. The number of carbonyl (C=O) groups excluding carboxylic acids is 1. The second-order valence-corrected chi connectivity index (χ2v) is 2.41. The smallest absolute Gasteiger partial charge is 0.222 e. The molecule has 0 aromatic rings. The van der Waals surface area contributed by atoms with Gasteiger partial charge in [-0.1, -0.05) is 6.08 Å². The fourth-order valence-electron chi connectivity index (χ4n) is 0.486. The Hall–Kier alpha value is -0.830. The molecule has 3 nitrogen and oxygen atoms in total. The summed E-state index contributed by atoms with van der Waals surface area (Å²) in [6.07, 6.45) is 1.41. The SMILES string of the molecule is C=CC(C)(O)CC(=O)NC. The van der Waals surface area contributed by atoms with Crippen LogP contribution in [0.4, 0.5) is 0 Å². The van der Waals surface area contributed by atoms with Crippen LogP contribution in [0.15, 0.2) is 12.7 Å². The molecule has 1 atom stereocenters. The van der Waals surface area contributed by atoms with Crippen LogP contribution >= 0.6 is 0 Å². The van der Waals surface area contributed by atoms with Crippen LogP contribution in [0, 0.1) is 0 Å². The molecule has 0 spiro atoms. The first-order valence-corrected chi connectivity index (χ1v) is 3.08. The molecule has 0 heterocycles. The van der Waals surface area contributed by atoms with E-state index in [2.05, 4.69) is 11.9 Å². The van der Waals surface area contributed by atoms with Gasteiger partial charge in [-0.15, -0.1) is 6.58 Å². The first-order valence-electron chi connectivity index (χ1n) is 3.08. The number of amides is 1. The number of rotatable bonds is 3. The van der Waals surface area contributed by atoms with Crippen LogP contribution in [0.25, 0.3) is 0 Å². The van der Waals surface area contributed by atoms with Crippen molar-refractivity contribution in [3.8, 4) is 0 Å². The molecule has 0 saturated carbocycles. The van der Waals surface area contributed by atoms with E-state index in [1.807, 2.05) is 0 Å². The van der Waals surface area contributed by atoms with Crippen LogP contribution in [0.1, 0.15) is 13.3 Å². The van der Waals surface area contributed by atoms with E-state index in [0.717, 1.165) is 0 Å². The Morgan fingerprint density at radius 1 is 1.90 bits per heavy atom. The van der Waals surface area contributed by atoms with Gasteiger partial charge in [-0.2, -0.15) is 0 Å². The predicted octanol–water partition coefficient (Wildman–Crippen LogP) is 0.0595. The molecule has 0 rings (SSSR count). The molecular weight excluding hydrogens is 130 g/mol. The first kappa shape index (κ1) is 9.17. The molecule has 0 aromatic carbocycles. The lowest BCUT2D eigenvalue weighted by atomic mass is 10.0. The molecule has 0 bridgehead atoms. The zero-order valence-corrected chi connectivity index (χ0v) is 6.35. The van der Waals surface area contributed by atoms with Crippen LogP contribution < -0.4 is 5.32 Å². The maximum Gasteiger partial charge on any atom is 0.222 e. The maximum atomic E-state index is 10.7. The largest absolute Gasteiger partial charge is 0.386 e. The minimum Gasteiger partial charge on any atom is -0.386 e. The van der Waals surface area contributed by atoms with E-state index >= 15 is 0 Å². The topological polar surface area (TPSA) is 49.3 Å². The fraction of sp³-hybridized carbons (Fsp3) is 0.571. The van der Waals surface area contributed by atoms with Gasteiger partial charge < -0.3 is 10.4 Å². The average molecular weight is 143 g/mol. The minimum absolute atomic E-state index is 0.0625. The van der Waals surface area contributed by atoms with E-state index in [1.54, 1.807) is 0 Å². The van der Waals surface area contributed by atoms with Crippen molar-refractivity contribution in [3.05, 3.63) is 12.7 Å². The summed E-state index contributed by atoms with van der Waals surface area (Å²) < 4.78 is 0. The van der Waals surface area contributed by atoms with Crippen molar-refractivity contribution in [2.24, 2.45) is 0 Å². The summed E-state index contributed by atoms with van der Waals surface area (Å²) in [5.74, 6) is -0.190. The average Bonchev–Trinajstić information content (AvgIpc) is 1.87. The molecular formula is C7H13NO2. The lowest BCUT2D eigenvalue weighted by Crippen LogP contribution is -2.30. The van der Waals surface area contributed by atoms with Gasteiger partial charge in [0.2, 0.25) is 5.91 Å². The summed E-state index contributed by atoms with van der Waals surface area (Å²) in [4.78, 5) is 10.7. The van der Waals surface area contributed by atoms with Crippen LogP contribution in [0.3, 0.4) is 0 Å². The third kappa shape index (κ3) is 3.25. The van der Waals surface area contributed by atoms with Crippen LogP contribution in [0.2, 0.25) is 0 Å². The van der Waals surface area contributed by atoms with E-state index in [-0.39, 0.29) is 12.3 Å². The maximum absolute atomic E-state index is 10.7. The van der Waals surface area contributed by atoms with Gasteiger partial charge in [-0.3, -0.25) is 4.79 Å². The fourth-order valence-corrected chi connectivity index (χ4v) is 0.486. The quantitative estimate of drug-likeness (QED) is 0.549. The van der Waals surface area contributed by atoms with E-state index < -0.39 is 5.60 Å². The Kier molecular flexibility index (Phi) is 3.09. The third-order valence-electron chi connectivity index (χ3n) is 1.24. The summed E-state index contributed by atoms with van der Waals surface area (Å²) in [6.45, 7) is 4.93. The van der Waals surface area contributed by atoms with E-state index in [9.17, 15) is 9.90 Å². The third-order valence-corrected chi connectivity index (χ3v) is 1.24. The highest BCUT2D eigenvalue weighted by atomic mass is 16.3. The van der Waals surface area contributed by atoms with E-state index in [0.29, 0.717) is 0 Å². The summed E-state index contributed by atoms with van der Waals surface area (Å²) in [6, 6.07) is 0. The van der Waals surface area contributed by atoms with E-state index in [1.165, 1.54) is 20.0 Å². The monoisotopic (exact) mass is 143 g/mol. The molecule has 1 unspecified atom stereocenters. The molecule has 0 fully saturated rings. The number of hydrogen-bond donors (Lipinski definition) is 2. The number of nitrogens with one attached hydrogen (secondary N) is 1. The standard InChI is InChI=1S/C7H13NO2/c1-4-7(2,10)5-6(9)8-3/h4,10H,1,5H2,2-3H3,(H,8,9). The Balaban J connectivity index is 3.88. The minimum atomic E-state index is -1.08. The van der Waals surface area contributed by atoms with Crippen molar-refractivity contribution >= 4 is 5.91 Å². The Morgan fingerprint density at radius 2 is 2.40 bits per heavy atom. The molecule has 2 N–H and O–H groups in total. The molecule has 1 amide bonds.